The van der Waals surface area contributed by atoms with Crippen LogP contribution < -0.4 is 5.01 Å². The van der Waals surface area contributed by atoms with Crippen molar-refractivity contribution in [2.75, 3.05) is 18.1 Å². The number of hydrogen-bond acceptors (Lipinski definition) is 2. The minimum Gasteiger partial charge on any atom is -0.272 e. The highest BCUT2D eigenvalue weighted by Gasteiger charge is 2.53. The largest absolute Gasteiger partial charge is 0.416 e. The van der Waals surface area contributed by atoms with Crippen molar-refractivity contribution in [2.45, 2.75) is 12.4 Å². The molecule has 0 spiro atoms. The fourth-order valence-electron chi connectivity index (χ4n) is 2.22. The fourth-order valence-corrected chi connectivity index (χ4v) is 2.22. The number of amides is 1. The van der Waals surface area contributed by atoms with Crippen molar-refractivity contribution < 1.29 is 31.1 Å². The number of carbonyl (C=O) groups excluding carboxylic acids is 1. The van der Waals surface area contributed by atoms with Gasteiger partial charge in [-0.2, -0.15) is 26.3 Å². The predicted octanol–water partition coefficient (Wildman–Crippen LogP) is 3.08. The Morgan fingerprint density at radius 1 is 1.13 bits per heavy atom. The van der Waals surface area contributed by atoms with Crippen molar-refractivity contribution in [1.29, 1.82) is 0 Å². The minimum absolute atomic E-state index is 0.106. The van der Waals surface area contributed by atoms with Gasteiger partial charge in [-0.3, -0.25) is 4.79 Å². The summed E-state index contributed by atoms with van der Waals surface area (Å²) in [4.78, 5) is 12.0. The number of hydrogen-bond donors (Lipinski definition) is 0. The van der Waals surface area contributed by atoms with Gasteiger partial charge >= 0.3 is 12.4 Å². The fraction of sp³-hybridized carbons (Fsp3) is 0.357. The van der Waals surface area contributed by atoms with Gasteiger partial charge in [0.05, 0.1) is 17.8 Å². The lowest BCUT2D eigenvalue weighted by Gasteiger charge is -2.26. The normalized spacial score (nSPS) is 20.0. The Kier molecular flexibility index (Phi) is 4.30. The Balaban J connectivity index is 2.35. The van der Waals surface area contributed by atoms with Gasteiger partial charge in [-0.15, -0.1) is 6.42 Å². The van der Waals surface area contributed by atoms with Gasteiger partial charge in [0.1, 0.15) is 5.92 Å². The van der Waals surface area contributed by atoms with E-state index in [0.717, 1.165) is 17.1 Å². The average molecular weight is 336 g/mol. The number of halogens is 6. The first-order valence-electron chi connectivity index (χ1n) is 6.32. The summed E-state index contributed by atoms with van der Waals surface area (Å²) in [6.45, 7) is -0.951. The molecule has 0 saturated carbocycles. The molecule has 1 amide bonds. The monoisotopic (exact) mass is 336 g/mol. The Labute approximate surface area is 127 Å². The van der Waals surface area contributed by atoms with Crippen LogP contribution in [0.2, 0.25) is 0 Å². The van der Waals surface area contributed by atoms with Crippen LogP contribution in [0.3, 0.4) is 0 Å². The summed E-state index contributed by atoms with van der Waals surface area (Å²) in [5.41, 5.74) is -1.08. The Hall–Kier alpha value is -2.21. The first kappa shape index (κ1) is 17.1. The quantitative estimate of drug-likeness (QED) is 0.612. The van der Waals surface area contributed by atoms with E-state index in [2.05, 4.69) is 5.92 Å². The van der Waals surface area contributed by atoms with Crippen molar-refractivity contribution in [3.63, 3.8) is 0 Å². The third-order valence-electron chi connectivity index (χ3n) is 3.29. The number of nitrogens with zero attached hydrogens (tertiary/aromatic N) is 2. The van der Waals surface area contributed by atoms with E-state index in [1.165, 1.54) is 0 Å². The Morgan fingerprint density at radius 3 is 2.13 bits per heavy atom. The van der Waals surface area contributed by atoms with Crippen LogP contribution in [-0.4, -0.2) is 30.2 Å². The number of terminal acetylenes is 1. The number of anilines is 1. The van der Waals surface area contributed by atoms with Gasteiger partial charge in [0.15, 0.2) is 0 Å². The molecule has 1 aromatic carbocycles. The first-order valence-corrected chi connectivity index (χ1v) is 6.32. The van der Waals surface area contributed by atoms with Crippen LogP contribution in [-0.2, 0) is 11.0 Å². The smallest absolute Gasteiger partial charge is 0.272 e. The summed E-state index contributed by atoms with van der Waals surface area (Å²) < 4.78 is 76.1. The summed E-state index contributed by atoms with van der Waals surface area (Å²) in [6.07, 6.45) is -4.27. The molecule has 1 aliphatic rings. The van der Waals surface area contributed by atoms with E-state index < -0.39 is 36.3 Å². The number of alkyl halides is 6. The van der Waals surface area contributed by atoms with Crippen molar-refractivity contribution in [1.82, 2.24) is 5.01 Å². The van der Waals surface area contributed by atoms with E-state index in [9.17, 15) is 31.1 Å². The van der Waals surface area contributed by atoms with Gasteiger partial charge in [-0.25, -0.2) is 10.0 Å². The zero-order valence-corrected chi connectivity index (χ0v) is 11.4. The molecule has 0 radical (unpaired) electrons. The average Bonchev–Trinajstić information content (AvgIpc) is 2.75. The minimum atomic E-state index is -4.76. The van der Waals surface area contributed by atoms with E-state index in [4.69, 9.17) is 6.42 Å². The number of benzene rings is 1. The molecule has 23 heavy (non-hydrogen) atoms. The molecule has 3 nitrogen and oxygen atoms in total. The number of hydrazine groups is 1. The molecule has 0 aromatic heterocycles. The molecule has 1 saturated heterocycles. The zero-order chi connectivity index (χ0) is 17.4. The molecular formula is C14H10F6N2O. The molecule has 124 valence electrons. The lowest BCUT2D eigenvalue weighted by atomic mass is 10.1. The highest BCUT2D eigenvalue weighted by Crippen LogP contribution is 2.37. The molecule has 9 heteroatoms. The molecule has 1 fully saturated rings. The van der Waals surface area contributed by atoms with Gasteiger partial charge in [0.25, 0.3) is 5.91 Å². The molecular weight excluding hydrogens is 326 g/mol. The van der Waals surface area contributed by atoms with Crippen molar-refractivity contribution in [2.24, 2.45) is 5.92 Å². The third-order valence-corrected chi connectivity index (χ3v) is 3.29. The van der Waals surface area contributed by atoms with Gasteiger partial charge in [0, 0.05) is 6.54 Å². The number of rotatable bonds is 2. The second kappa shape index (κ2) is 5.77. The maximum Gasteiger partial charge on any atom is 0.416 e. The summed E-state index contributed by atoms with van der Waals surface area (Å²) in [5, 5.41) is 1.65. The van der Waals surface area contributed by atoms with Crippen LogP contribution in [0.1, 0.15) is 5.56 Å². The standard InChI is InChI=1S/C14H10F6N2O/c1-2-7-21-8-11(14(18,19)20)12(23)22(21)10-5-3-9(4-6-10)13(15,16)17/h1,3-6,11H,7-8H2. The van der Waals surface area contributed by atoms with Gasteiger partial charge in [-0.1, -0.05) is 5.92 Å². The third kappa shape index (κ3) is 3.42. The SMILES string of the molecule is C#CCN1CC(C(F)(F)F)C(=O)N1c1ccc(C(F)(F)F)cc1. The highest BCUT2D eigenvalue weighted by molar-refractivity contribution is 5.96. The Morgan fingerprint density at radius 2 is 1.70 bits per heavy atom. The number of carbonyl (C=O) groups is 1. The Bertz CT molecular complexity index is 629. The summed E-state index contributed by atoms with van der Waals surface area (Å²) in [6, 6.07) is 3.25. The predicted molar refractivity (Wildman–Crippen MR) is 68.9 cm³/mol. The second-order valence-corrected chi connectivity index (χ2v) is 4.84. The molecule has 0 aliphatic carbocycles. The van der Waals surface area contributed by atoms with Crippen LogP contribution in [0.15, 0.2) is 24.3 Å². The second-order valence-electron chi connectivity index (χ2n) is 4.84. The van der Waals surface area contributed by atoms with E-state index in [-0.39, 0.29) is 12.2 Å². The van der Waals surface area contributed by atoms with E-state index in [1.54, 1.807) is 0 Å². The van der Waals surface area contributed by atoms with Crippen LogP contribution in [0.4, 0.5) is 32.0 Å². The molecule has 2 rings (SSSR count). The topological polar surface area (TPSA) is 23.6 Å². The van der Waals surface area contributed by atoms with Crippen molar-refractivity contribution in [3.05, 3.63) is 29.8 Å². The highest BCUT2D eigenvalue weighted by atomic mass is 19.4. The van der Waals surface area contributed by atoms with Crippen LogP contribution >= 0.6 is 0 Å². The molecule has 0 bridgehead atoms. The first-order chi connectivity index (χ1) is 10.6. The maximum atomic E-state index is 12.9. The summed E-state index contributed by atoms with van der Waals surface area (Å²) in [5.74, 6) is -1.41. The van der Waals surface area contributed by atoms with Crippen LogP contribution in [0.25, 0.3) is 0 Å². The van der Waals surface area contributed by atoms with Crippen LogP contribution in [0.5, 0.6) is 0 Å². The molecule has 1 atom stereocenters. The van der Waals surface area contributed by atoms with Gasteiger partial charge in [0.2, 0.25) is 0 Å². The van der Waals surface area contributed by atoms with E-state index in [1.807, 2.05) is 0 Å². The van der Waals surface area contributed by atoms with Gasteiger partial charge in [-0.05, 0) is 24.3 Å². The van der Waals surface area contributed by atoms with E-state index >= 15 is 0 Å². The molecule has 1 aromatic rings. The lowest BCUT2D eigenvalue weighted by Crippen LogP contribution is -2.40. The molecule has 1 unspecified atom stereocenters. The molecule has 0 N–H and O–H groups in total. The summed E-state index contributed by atoms with van der Waals surface area (Å²) >= 11 is 0. The summed E-state index contributed by atoms with van der Waals surface area (Å²) in [7, 11) is 0. The van der Waals surface area contributed by atoms with Crippen LogP contribution in [0, 0.1) is 18.3 Å². The van der Waals surface area contributed by atoms with E-state index in [0.29, 0.717) is 17.1 Å². The van der Waals surface area contributed by atoms with Gasteiger partial charge < -0.3 is 0 Å². The maximum absolute atomic E-state index is 12.9. The van der Waals surface area contributed by atoms with Crippen molar-refractivity contribution in [3.8, 4) is 12.3 Å². The molecule has 1 heterocycles. The lowest BCUT2D eigenvalue weighted by molar-refractivity contribution is -0.175. The molecule has 1 aliphatic heterocycles. The zero-order valence-electron chi connectivity index (χ0n) is 11.4. The van der Waals surface area contributed by atoms with Crippen molar-refractivity contribution >= 4 is 11.6 Å².